The lowest BCUT2D eigenvalue weighted by Gasteiger charge is -2.13. The molecule has 0 aliphatic heterocycles. The first-order chi connectivity index (χ1) is 13.5. The number of hydrogen-bond acceptors (Lipinski definition) is 5. The van der Waals surface area contributed by atoms with Gasteiger partial charge in [-0.1, -0.05) is 41.0 Å². The summed E-state index contributed by atoms with van der Waals surface area (Å²) in [6.45, 7) is 2.08. The molecule has 2 heterocycles. The third-order valence-electron chi connectivity index (χ3n) is 4.94. The van der Waals surface area contributed by atoms with Gasteiger partial charge >= 0.3 is 0 Å². The molecule has 0 bridgehead atoms. The first-order valence-electron chi connectivity index (χ1n) is 9.04. The number of aliphatic imine (C=N–C) groups is 1. The van der Waals surface area contributed by atoms with E-state index in [0.29, 0.717) is 10.0 Å². The molecule has 1 aliphatic carbocycles. The molecule has 4 rings (SSSR count). The topological polar surface area (TPSA) is 71.8 Å². The van der Waals surface area contributed by atoms with Crippen molar-refractivity contribution in [2.24, 2.45) is 12.0 Å². The fraction of sp³-hybridized carbons (Fsp3) is 0.368. The first-order valence-corrected chi connectivity index (χ1v) is 10.7. The number of aromatic amines is 1. The zero-order valence-electron chi connectivity index (χ0n) is 15.8. The van der Waals surface area contributed by atoms with Gasteiger partial charge in [-0.3, -0.25) is 9.67 Å². The number of fused-ring (bicyclic) bond motifs is 1. The maximum atomic E-state index is 6.17. The summed E-state index contributed by atoms with van der Waals surface area (Å²) in [6, 6.07) is 5.55. The number of nitrogens with one attached hydrogen (secondary N) is 1. The summed E-state index contributed by atoms with van der Waals surface area (Å²) >= 11 is 13.8. The fourth-order valence-electron chi connectivity index (χ4n) is 3.63. The summed E-state index contributed by atoms with van der Waals surface area (Å²) in [5, 5.41) is 15.1. The van der Waals surface area contributed by atoms with Gasteiger partial charge in [0.25, 0.3) is 0 Å². The Morgan fingerprint density at radius 2 is 2.07 bits per heavy atom. The lowest BCUT2D eigenvalue weighted by Crippen LogP contribution is -2.15. The maximum Gasteiger partial charge on any atom is 0.189 e. The quantitative estimate of drug-likeness (QED) is 0.470. The predicted molar refractivity (Wildman–Crippen MR) is 115 cm³/mol. The number of rotatable bonds is 5. The van der Waals surface area contributed by atoms with Crippen LogP contribution in [0.15, 0.2) is 28.3 Å². The molecule has 0 amide bonds. The monoisotopic (exact) mass is 434 g/mol. The van der Waals surface area contributed by atoms with Crippen LogP contribution < -0.4 is 0 Å². The highest BCUT2D eigenvalue weighted by atomic mass is 35.5. The van der Waals surface area contributed by atoms with Crippen LogP contribution in [-0.2, 0) is 19.9 Å². The van der Waals surface area contributed by atoms with Crippen molar-refractivity contribution in [3.05, 3.63) is 45.1 Å². The van der Waals surface area contributed by atoms with E-state index in [-0.39, 0.29) is 5.25 Å². The Bertz CT molecular complexity index is 1050. The van der Waals surface area contributed by atoms with E-state index in [1.54, 1.807) is 24.9 Å². The van der Waals surface area contributed by atoms with Crippen LogP contribution in [0, 0.1) is 0 Å². The Hall–Kier alpha value is -1.83. The lowest BCUT2D eigenvalue weighted by molar-refractivity contribution is 0.708. The summed E-state index contributed by atoms with van der Waals surface area (Å²) in [6.07, 6.45) is 3.29. The van der Waals surface area contributed by atoms with Gasteiger partial charge in [-0.05, 0) is 43.9 Å². The number of hydrogen-bond donors (Lipinski definition) is 1. The highest BCUT2D eigenvalue weighted by Crippen LogP contribution is 2.32. The Morgan fingerprint density at radius 1 is 1.25 bits per heavy atom. The number of nitrogens with zero attached hydrogens (tertiary/aromatic N) is 5. The summed E-state index contributed by atoms with van der Waals surface area (Å²) in [5.74, 6) is 0.720. The van der Waals surface area contributed by atoms with Crippen LogP contribution in [0.5, 0.6) is 0 Å². The van der Waals surface area contributed by atoms with Crippen molar-refractivity contribution in [2.75, 3.05) is 7.05 Å². The van der Waals surface area contributed by atoms with Gasteiger partial charge in [0, 0.05) is 25.4 Å². The van der Waals surface area contributed by atoms with E-state index < -0.39 is 0 Å². The molecule has 146 valence electrons. The fourth-order valence-corrected chi connectivity index (χ4v) is 4.86. The second-order valence-corrected chi connectivity index (χ2v) is 8.87. The summed E-state index contributed by atoms with van der Waals surface area (Å²) < 4.78 is 1.96. The molecule has 0 spiro atoms. The largest absolute Gasteiger partial charge is 0.315 e. The molecule has 9 heteroatoms. The molecule has 0 saturated heterocycles. The van der Waals surface area contributed by atoms with Crippen LogP contribution in [0.2, 0.25) is 10.0 Å². The van der Waals surface area contributed by atoms with Crippen molar-refractivity contribution >= 4 is 40.7 Å². The average Bonchev–Trinajstić information content (AvgIpc) is 3.37. The molecule has 1 atom stereocenters. The Morgan fingerprint density at radius 3 is 2.82 bits per heavy atom. The minimum Gasteiger partial charge on any atom is -0.315 e. The number of aromatic nitrogens is 5. The Balaban J connectivity index is 1.55. The smallest absolute Gasteiger partial charge is 0.189 e. The molecule has 1 aliphatic rings. The highest BCUT2D eigenvalue weighted by molar-refractivity contribution is 8.00. The maximum absolute atomic E-state index is 6.17. The molecule has 28 heavy (non-hydrogen) atoms. The molecule has 1 N–H and O–H groups in total. The van der Waals surface area contributed by atoms with E-state index in [9.17, 15) is 0 Å². The Labute approximate surface area is 177 Å². The third kappa shape index (κ3) is 3.58. The van der Waals surface area contributed by atoms with E-state index >= 15 is 0 Å². The Kier molecular flexibility index (Phi) is 5.49. The normalized spacial score (nSPS) is 15.1. The highest BCUT2D eigenvalue weighted by Gasteiger charge is 2.24. The number of thioether (sulfide) groups is 1. The summed E-state index contributed by atoms with van der Waals surface area (Å²) in [7, 11) is 3.76. The van der Waals surface area contributed by atoms with E-state index in [0.717, 1.165) is 40.8 Å². The SMILES string of the molecule is C/N=C(/c1ccc(Cl)c(Cl)c1)C(C)Sc1nnc(-c2nn(C)c3c2CCC3)[nH]1. The molecule has 1 unspecified atom stereocenters. The van der Waals surface area contributed by atoms with Crippen molar-refractivity contribution in [1.29, 1.82) is 0 Å². The van der Waals surface area contributed by atoms with Crippen molar-refractivity contribution in [1.82, 2.24) is 25.0 Å². The first kappa shape index (κ1) is 19.5. The van der Waals surface area contributed by atoms with Gasteiger partial charge in [-0.2, -0.15) is 5.10 Å². The van der Waals surface area contributed by atoms with Crippen LogP contribution >= 0.6 is 35.0 Å². The van der Waals surface area contributed by atoms with Crippen LogP contribution in [0.1, 0.15) is 30.2 Å². The molecular formula is C19H20Cl2N6S. The average molecular weight is 435 g/mol. The molecule has 0 radical (unpaired) electrons. The lowest BCUT2D eigenvalue weighted by atomic mass is 10.1. The van der Waals surface area contributed by atoms with Crippen molar-refractivity contribution < 1.29 is 0 Å². The van der Waals surface area contributed by atoms with Crippen LogP contribution in [0.25, 0.3) is 11.5 Å². The van der Waals surface area contributed by atoms with Crippen molar-refractivity contribution in [3.8, 4) is 11.5 Å². The second kappa shape index (κ2) is 7.89. The number of aryl methyl sites for hydroxylation is 1. The van der Waals surface area contributed by atoms with Crippen molar-refractivity contribution in [3.63, 3.8) is 0 Å². The third-order valence-corrected chi connectivity index (χ3v) is 6.66. The number of H-pyrrole nitrogens is 1. The van der Waals surface area contributed by atoms with Gasteiger partial charge in [0.15, 0.2) is 11.0 Å². The number of halogens is 2. The van der Waals surface area contributed by atoms with Gasteiger partial charge in [0.1, 0.15) is 5.69 Å². The van der Waals surface area contributed by atoms with Gasteiger partial charge in [0.2, 0.25) is 0 Å². The van der Waals surface area contributed by atoms with E-state index in [1.807, 2.05) is 23.9 Å². The minimum absolute atomic E-state index is 0.0532. The van der Waals surface area contributed by atoms with Gasteiger partial charge < -0.3 is 4.98 Å². The second-order valence-electron chi connectivity index (χ2n) is 6.73. The van der Waals surface area contributed by atoms with E-state index in [1.165, 1.54) is 17.7 Å². The van der Waals surface area contributed by atoms with Crippen LogP contribution in [0.3, 0.4) is 0 Å². The summed E-state index contributed by atoms with van der Waals surface area (Å²) in [5.41, 5.74) is 5.36. The molecule has 1 aromatic carbocycles. The predicted octanol–water partition coefficient (Wildman–Crippen LogP) is 4.60. The van der Waals surface area contributed by atoms with Crippen LogP contribution in [-0.4, -0.2) is 43.0 Å². The summed E-state index contributed by atoms with van der Waals surface area (Å²) in [4.78, 5) is 7.77. The molecule has 6 nitrogen and oxygen atoms in total. The van der Waals surface area contributed by atoms with Gasteiger partial charge in [0.05, 0.1) is 21.0 Å². The van der Waals surface area contributed by atoms with Gasteiger partial charge in [-0.25, -0.2) is 0 Å². The molecular weight excluding hydrogens is 415 g/mol. The molecule has 0 fully saturated rings. The molecule has 3 aromatic rings. The van der Waals surface area contributed by atoms with Gasteiger partial charge in [-0.15, -0.1) is 10.2 Å². The van der Waals surface area contributed by atoms with E-state index in [4.69, 9.17) is 23.2 Å². The van der Waals surface area contributed by atoms with Crippen molar-refractivity contribution in [2.45, 2.75) is 36.6 Å². The molecule has 0 saturated carbocycles. The molecule has 2 aromatic heterocycles. The van der Waals surface area contributed by atoms with Crippen LogP contribution in [0.4, 0.5) is 0 Å². The minimum atomic E-state index is 0.0532. The number of benzene rings is 1. The zero-order valence-corrected chi connectivity index (χ0v) is 18.2. The zero-order chi connectivity index (χ0) is 19.8. The van der Waals surface area contributed by atoms with E-state index in [2.05, 4.69) is 32.2 Å². The standard InChI is InChI=1S/C19H20Cl2N6S/c1-10(16(22-2)11-7-8-13(20)14(21)9-11)28-19-23-18(24-25-19)17-12-5-4-6-15(12)27(3)26-17/h7-10H,4-6H2,1-3H3,(H,23,24,25)/b22-16+.